The van der Waals surface area contributed by atoms with Crippen LogP contribution in [0.5, 0.6) is 5.75 Å². The van der Waals surface area contributed by atoms with Crippen LogP contribution in [-0.2, 0) is 9.59 Å². The van der Waals surface area contributed by atoms with Crippen LogP contribution in [0.3, 0.4) is 0 Å². The summed E-state index contributed by atoms with van der Waals surface area (Å²) in [4.78, 5) is 24.6. The van der Waals surface area contributed by atoms with E-state index in [1.54, 1.807) is 0 Å². The van der Waals surface area contributed by atoms with Crippen LogP contribution in [0.1, 0.15) is 24.0 Å². The van der Waals surface area contributed by atoms with Crippen molar-refractivity contribution in [2.24, 2.45) is 0 Å². The van der Waals surface area contributed by atoms with Gasteiger partial charge in [0, 0.05) is 6.54 Å². The molecule has 1 heterocycles. The lowest BCUT2D eigenvalue weighted by molar-refractivity contribution is -0.149. The maximum atomic E-state index is 12.1. The molecule has 1 N–H and O–H groups in total. The van der Waals surface area contributed by atoms with Gasteiger partial charge in [0.05, 0.1) is 0 Å². The highest BCUT2D eigenvalue weighted by Gasteiger charge is 2.34. The second-order valence-corrected chi connectivity index (χ2v) is 5.09. The molecule has 108 valence electrons. The third kappa shape index (κ3) is 2.92. The molecule has 0 unspecified atom stereocenters. The third-order valence-electron chi connectivity index (χ3n) is 3.61. The molecule has 1 aromatic carbocycles. The molecule has 5 heteroatoms. The fourth-order valence-corrected chi connectivity index (χ4v) is 2.57. The number of likely N-dealkylation sites (tertiary alicyclic amines) is 1. The molecule has 20 heavy (non-hydrogen) atoms. The van der Waals surface area contributed by atoms with Crippen molar-refractivity contribution in [3.8, 4) is 5.75 Å². The number of hydrogen-bond donors (Lipinski definition) is 1. The summed E-state index contributed by atoms with van der Waals surface area (Å²) in [6, 6.07) is 5.06. The monoisotopic (exact) mass is 277 g/mol. The number of aryl methyl sites for hydroxylation is 2. The molecule has 0 saturated carbocycles. The van der Waals surface area contributed by atoms with Crippen LogP contribution in [0.15, 0.2) is 18.2 Å². The minimum Gasteiger partial charge on any atom is -0.483 e. The van der Waals surface area contributed by atoms with Crippen LogP contribution >= 0.6 is 0 Å². The van der Waals surface area contributed by atoms with Gasteiger partial charge in [-0.1, -0.05) is 18.2 Å². The smallest absolute Gasteiger partial charge is 0.326 e. The van der Waals surface area contributed by atoms with Crippen molar-refractivity contribution in [1.29, 1.82) is 0 Å². The zero-order chi connectivity index (χ0) is 14.7. The van der Waals surface area contributed by atoms with Gasteiger partial charge in [-0.25, -0.2) is 4.79 Å². The first-order chi connectivity index (χ1) is 9.50. The maximum Gasteiger partial charge on any atom is 0.326 e. The summed E-state index contributed by atoms with van der Waals surface area (Å²) >= 11 is 0. The first-order valence-corrected chi connectivity index (χ1v) is 6.72. The lowest BCUT2D eigenvalue weighted by Gasteiger charge is -2.22. The van der Waals surface area contributed by atoms with Crippen molar-refractivity contribution in [3.05, 3.63) is 29.3 Å². The number of carbonyl (C=O) groups is 2. The SMILES string of the molecule is Cc1cccc(C)c1OCC(=O)N1CCC[C@@H]1C(=O)O. The molecule has 5 nitrogen and oxygen atoms in total. The normalized spacial score (nSPS) is 18.1. The summed E-state index contributed by atoms with van der Waals surface area (Å²) in [7, 11) is 0. The summed E-state index contributed by atoms with van der Waals surface area (Å²) in [5.74, 6) is -0.507. The van der Waals surface area contributed by atoms with E-state index in [1.807, 2.05) is 32.0 Å². The Morgan fingerprint density at radius 3 is 2.60 bits per heavy atom. The largest absolute Gasteiger partial charge is 0.483 e. The van der Waals surface area contributed by atoms with Crippen molar-refractivity contribution < 1.29 is 19.4 Å². The van der Waals surface area contributed by atoms with E-state index >= 15 is 0 Å². The Bertz CT molecular complexity index is 506. The van der Waals surface area contributed by atoms with Gasteiger partial charge in [-0.15, -0.1) is 0 Å². The second-order valence-electron chi connectivity index (χ2n) is 5.09. The van der Waals surface area contributed by atoms with E-state index in [-0.39, 0.29) is 12.5 Å². The van der Waals surface area contributed by atoms with E-state index in [2.05, 4.69) is 0 Å². The Morgan fingerprint density at radius 2 is 2.00 bits per heavy atom. The number of benzene rings is 1. The predicted molar refractivity (Wildman–Crippen MR) is 73.8 cm³/mol. The van der Waals surface area contributed by atoms with Crippen molar-refractivity contribution in [1.82, 2.24) is 4.90 Å². The number of carboxylic acids is 1. The van der Waals surface area contributed by atoms with Crippen LogP contribution < -0.4 is 4.74 Å². The van der Waals surface area contributed by atoms with Crippen molar-refractivity contribution in [2.75, 3.05) is 13.2 Å². The standard InChI is InChI=1S/C15H19NO4/c1-10-5-3-6-11(2)14(10)20-9-13(17)16-8-4-7-12(16)15(18)19/h3,5-6,12H,4,7-9H2,1-2H3,(H,18,19)/t12-/m1/s1. The van der Waals surface area contributed by atoms with Crippen LogP contribution in [0.2, 0.25) is 0 Å². The number of carboxylic acid groups (broad SMARTS) is 1. The predicted octanol–water partition coefficient (Wildman–Crippen LogP) is 1.76. The molecule has 0 spiro atoms. The number of amides is 1. The molecule has 0 aromatic heterocycles. The highest BCUT2D eigenvalue weighted by molar-refractivity contribution is 5.85. The van der Waals surface area contributed by atoms with Crippen LogP contribution in [0.4, 0.5) is 0 Å². The lowest BCUT2D eigenvalue weighted by Crippen LogP contribution is -2.42. The summed E-state index contributed by atoms with van der Waals surface area (Å²) in [5, 5.41) is 9.07. The van der Waals surface area contributed by atoms with Crippen molar-refractivity contribution in [2.45, 2.75) is 32.7 Å². The molecule has 1 atom stereocenters. The van der Waals surface area contributed by atoms with Gasteiger partial charge in [0.1, 0.15) is 11.8 Å². The van der Waals surface area contributed by atoms with Gasteiger partial charge < -0.3 is 14.7 Å². The molecule has 0 bridgehead atoms. The number of aliphatic carboxylic acids is 1. The van der Waals surface area contributed by atoms with E-state index in [4.69, 9.17) is 9.84 Å². The highest BCUT2D eigenvalue weighted by atomic mass is 16.5. The van der Waals surface area contributed by atoms with Crippen LogP contribution in [-0.4, -0.2) is 41.1 Å². The Hall–Kier alpha value is -2.04. The van der Waals surface area contributed by atoms with Gasteiger partial charge in [-0.3, -0.25) is 4.79 Å². The average Bonchev–Trinajstić information content (AvgIpc) is 2.87. The molecule has 1 aliphatic heterocycles. The molecule has 2 rings (SSSR count). The zero-order valence-corrected chi connectivity index (χ0v) is 11.8. The molecule has 1 fully saturated rings. The van der Waals surface area contributed by atoms with Gasteiger partial charge in [0.25, 0.3) is 5.91 Å². The van der Waals surface area contributed by atoms with Crippen molar-refractivity contribution >= 4 is 11.9 Å². The average molecular weight is 277 g/mol. The van der Waals surface area contributed by atoms with Gasteiger partial charge in [-0.2, -0.15) is 0 Å². The molecule has 1 aromatic rings. The first-order valence-electron chi connectivity index (χ1n) is 6.72. The summed E-state index contributed by atoms with van der Waals surface area (Å²) < 4.78 is 5.59. The number of carbonyl (C=O) groups excluding carboxylic acids is 1. The number of rotatable bonds is 4. The van der Waals surface area contributed by atoms with E-state index in [0.717, 1.165) is 17.5 Å². The molecule has 1 saturated heterocycles. The number of nitrogens with zero attached hydrogens (tertiary/aromatic N) is 1. The maximum absolute atomic E-state index is 12.1. The summed E-state index contributed by atoms with van der Waals surface area (Å²) in [5.41, 5.74) is 1.93. The summed E-state index contributed by atoms with van der Waals surface area (Å²) in [6.07, 6.45) is 1.25. The van der Waals surface area contributed by atoms with E-state index in [0.29, 0.717) is 18.7 Å². The van der Waals surface area contributed by atoms with E-state index in [9.17, 15) is 9.59 Å². The van der Waals surface area contributed by atoms with E-state index < -0.39 is 12.0 Å². The molecule has 0 aliphatic carbocycles. The Kier molecular flexibility index (Phi) is 4.27. The van der Waals surface area contributed by atoms with Gasteiger partial charge in [0.2, 0.25) is 0 Å². The Labute approximate surface area is 118 Å². The molecular formula is C15H19NO4. The molecule has 1 amide bonds. The fraction of sp³-hybridized carbons (Fsp3) is 0.467. The number of ether oxygens (including phenoxy) is 1. The zero-order valence-electron chi connectivity index (χ0n) is 11.8. The molecule has 1 aliphatic rings. The van der Waals surface area contributed by atoms with E-state index in [1.165, 1.54) is 4.90 Å². The lowest BCUT2D eigenvalue weighted by atomic mass is 10.1. The third-order valence-corrected chi connectivity index (χ3v) is 3.61. The number of para-hydroxylation sites is 1. The minimum absolute atomic E-state index is 0.116. The number of hydrogen-bond acceptors (Lipinski definition) is 3. The van der Waals surface area contributed by atoms with Crippen LogP contribution in [0.25, 0.3) is 0 Å². The Balaban J connectivity index is 2.00. The fourth-order valence-electron chi connectivity index (χ4n) is 2.57. The second kappa shape index (κ2) is 5.94. The van der Waals surface area contributed by atoms with Crippen LogP contribution in [0, 0.1) is 13.8 Å². The van der Waals surface area contributed by atoms with Gasteiger partial charge in [0.15, 0.2) is 6.61 Å². The summed E-state index contributed by atoms with van der Waals surface area (Å²) in [6.45, 7) is 4.22. The van der Waals surface area contributed by atoms with Crippen molar-refractivity contribution in [3.63, 3.8) is 0 Å². The highest BCUT2D eigenvalue weighted by Crippen LogP contribution is 2.23. The topological polar surface area (TPSA) is 66.8 Å². The van der Waals surface area contributed by atoms with Gasteiger partial charge >= 0.3 is 5.97 Å². The first kappa shape index (κ1) is 14.4. The molecule has 0 radical (unpaired) electrons. The quantitative estimate of drug-likeness (QED) is 0.910. The minimum atomic E-state index is -0.942. The Morgan fingerprint density at radius 1 is 1.35 bits per heavy atom. The molecular weight excluding hydrogens is 258 g/mol. The van der Waals surface area contributed by atoms with Gasteiger partial charge in [-0.05, 0) is 37.8 Å².